The van der Waals surface area contributed by atoms with Crippen LogP contribution in [0.2, 0.25) is 0 Å². The van der Waals surface area contributed by atoms with Crippen LogP contribution in [0.3, 0.4) is 0 Å². The van der Waals surface area contributed by atoms with E-state index >= 15 is 0 Å². The molecule has 0 radical (unpaired) electrons. The van der Waals surface area contributed by atoms with Gasteiger partial charge in [-0.1, -0.05) is 36.6 Å². The lowest BCUT2D eigenvalue weighted by Crippen LogP contribution is -2.10. The number of rotatable bonds is 1. The number of hydrogen-bond acceptors (Lipinski definition) is 3. The topological polar surface area (TPSA) is 62.7 Å². The number of aromatic nitrogens is 1. The molecule has 118 valence electrons. The summed E-state index contributed by atoms with van der Waals surface area (Å²) in [5.41, 5.74) is 13.6. The SMILES string of the molecule is Cc1ccc(-c2c(C#N)c(N)nc3c2CCCCCC3)c(C)c1. The predicted octanol–water partition coefficient (Wildman–Crippen LogP) is 4.48. The Balaban J connectivity index is 2.30. The summed E-state index contributed by atoms with van der Waals surface area (Å²) in [6, 6.07) is 8.70. The zero-order valence-electron chi connectivity index (χ0n) is 13.9. The van der Waals surface area contributed by atoms with Crippen molar-refractivity contribution in [2.75, 3.05) is 5.73 Å². The van der Waals surface area contributed by atoms with Crippen LogP contribution in [-0.2, 0) is 12.8 Å². The monoisotopic (exact) mass is 305 g/mol. The van der Waals surface area contributed by atoms with Crippen LogP contribution in [0, 0.1) is 25.2 Å². The quantitative estimate of drug-likeness (QED) is 0.845. The first-order valence-electron chi connectivity index (χ1n) is 8.40. The minimum absolute atomic E-state index is 0.377. The third kappa shape index (κ3) is 2.94. The number of pyridine rings is 1. The van der Waals surface area contributed by atoms with E-state index < -0.39 is 0 Å². The van der Waals surface area contributed by atoms with E-state index in [1.54, 1.807) is 0 Å². The number of nitrogen functional groups attached to an aromatic ring is 1. The second-order valence-corrected chi connectivity index (χ2v) is 6.52. The maximum atomic E-state index is 9.66. The van der Waals surface area contributed by atoms with Gasteiger partial charge in [0.15, 0.2) is 0 Å². The minimum atomic E-state index is 0.377. The fourth-order valence-corrected chi connectivity index (χ4v) is 3.62. The first-order valence-corrected chi connectivity index (χ1v) is 8.40. The number of fused-ring (bicyclic) bond motifs is 1. The van der Waals surface area contributed by atoms with Gasteiger partial charge in [-0.15, -0.1) is 0 Å². The molecule has 3 rings (SSSR count). The lowest BCUT2D eigenvalue weighted by atomic mass is 9.86. The maximum absolute atomic E-state index is 9.66. The minimum Gasteiger partial charge on any atom is -0.383 e. The lowest BCUT2D eigenvalue weighted by Gasteiger charge is -2.20. The van der Waals surface area contributed by atoms with E-state index in [-0.39, 0.29) is 0 Å². The molecule has 0 saturated heterocycles. The molecule has 1 aliphatic carbocycles. The molecule has 3 nitrogen and oxygen atoms in total. The standard InChI is InChI=1S/C20H23N3/c1-13-9-10-15(14(2)11-13)19-16-7-5-3-4-6-8-18(16)23-20(22)17(19)12-21/h9-11H,3-8H2,1-2H3,(H2,22,23). The summed E-state index contributed by atoms with van der Waals surface area (Å²) in [6.45, 7) is 4.20. The predicted molar refractivity (Wildman–Crippen MR) is 94.2 cm³/mol. The van der Waals surface area contributed by atoms with Crippen molar-refractivity contribution in [3.8, 4) is 17.2 Å². The molecule has 2 aromatic rings. The Labute approximate surface area is 138 Å². The van der Waals surface area contributed by atoms with Crippen LogP contribution in [0.15, 0.2) is 18.2 Å². The molecule has 1 aliphatic rings. The van der Waals surface area contributed by atoms with Crippen molar-refractivity contribution in [1.29, 1.82) is 5.26 Å². The molecule has 23 heavy (non-hydrogen) atoms. The first kappa shape index (κ1) is 15.6. The van der Waals surface area contributed by atoms with Gasteiger partial charge in [0.1, 0.15) is 17.5 Å². The summed E-state index contributed by atoms with van der Waals surface area (Å²) in [6.07, 6.45) is 6.75. The fourth-order valence-electron chi connectivity index (χ4n) is 3.62. The average molecular weight is 305 g/mol. The summed E-state index contributed by atoms with van der Waals surface area (Å²) in [4.78, 5) is 4.57. The van der Waals surface area contributed by atoms with E-state index in [9.17, 15) is 5.26 Å². The van der Waals surface area contributed by atoms with Crippen LogP contribution in [-0.4, -0.2) is 4.98 Å². The van der Waals surface area contributed by atoms with E-state index in [2.05, 4.69) is 43.1 Å². The van der Waals surface area contributed by atoms with Crippen LogP contribution in [0.1, 0.15) is 53.6 Å². The van der Waals surface area contributed by atoms with Crippen molar-refractivity contribution >= 4 is 5.82 Å². The number of nitrogens with two attached hydrogens (primary N) is 1. The Morgan fingerprint density at radius 1 is 1.09 bits per heavy atom. The van der Waals surface area contributed by atoms with Gasteiger partial charge in [-0.3, -0.25) is 0 Å². The zero-order valence-corrected chi connectivity index (χ0v) is 13.9. The molecule has 0 amide bonds. The van der Waals surface area contributed by atoms with Crippen LogP contribution < -0.4 is 5.73 Å². The van der Waals surface area contributed by atoms with Crippen molar-refractivity contribution in [1.82, 2.24) is 4.98 Å². The molecule has 0 aliphatic heterocycles. The second kappa shape index (κ2) is 6.42. The summed E-state index contributed by atoms with van der Waals surface area (Å²) in [7, 11) is 0. The normalized spacial score (nSPS) is 14.5. The van der Waals surface area contributed by atoms with Crippen molar-refractivity contribution in [2.45, 2.75) is 52.4 Å². The molecule has 0 fully saturated rings. The first-order chi connectivity index (χ1) is 11.1. The highest BCUT2D eigenvalue weighted by Gasteiger charge is 2.21. The molecule has 0 spiro atoms. The highest BCUT2D eigenvalue weighted by atomic mass is 14.9. The maximum Gasteiger partial charge on any atom is 0.142 e. The third-order valence-electron chi connectivity index (χ3n) is 4.77. The van der Waals surface area contributed by atoms with Crippen molar-refractivity contribution in [2.24, 2.45) is 0 Å². The highest BCUT2D eigenvalue weighted by molar-refractivity contribution is 5.81. The molecule has 0 atom stereocenters. The third-order valence-corrected chi connectivity index (χ3v) is 4.77. The molecule has 1 aromatic carbocycles. The molecule has 0 unspecified atom stereocenters. The van der Waals surface area contributed by atoms with Crippen LogP contribution in [0.4, 0.5) is 5.82 Å². The van der Waals surface area contributed by atoms with Gasteiger partial charge in [-0.05, 0) is 56.2 Å². The van der Waals surface area contributed by atoms with Gasteiger partial charge in [-0.25, -0.2) is 4.98 Å². The Hall–Kier alpha value is -2.34. The Bertz CT molecular complexity index is 784. The summed E-state index contributed by atoms with van der Waals surface area (Å²) < 4.78 is 0. The molecule has 0 bridgehead atoms. The van der Waals surface area contributed by atoms with Crippen molar-refractivity contribution in [3.63, 3.8) is 0 Å². The smallest absolute Gasteiger partial charge is 0.142 e. The van der Waals surface area contributed by atoms with Gasteiger partial charge < -0.3 is 5.73 Å². The molecular formula is C20H23N3. The van der Waals surface area contributed by atoms with Gasteiger partial charge in [0, 0.05) is 11.3 Å². The van der Waals surface area contributed by atoms with E-state index in [1.165, 1.54) is 29.5 Å². The highest BCUT2D eigenvalue weighted by Crippen LogP contribution is 2.36. The second-order valence-electron chi connectivity index (χ2n) is 6.52. The van der Waals surface area contributed by atoms with Crippen molar-refractivity contribution in [3.05, 3.63) is 46.1 Å². The fraction of sp³-hybridized carbons (Fsp3) is 0.400. The zero-order chi connectivity index (χ0) is 16.4. The molecule has 1 aromatic heterocycles. The van der Waals surface area contributed by atoms with Crippen molar-refractivity contribution < 1.29 is 0 Å². The molecule has 2 N–H and O–H groups in total. The van der Waals surface area contributed by atoms with Gasteiger partial charge in [0.05, 0.1) is 0 Å². The molecular weight excluding hydrogens is 282 g/mol. The summed E-state index contributed by atoms with van der Waals surface area (Å²) in [5.74, 6) is 0.377. The van der Waals surface area contributed by atoms with Crippen LogP contribution in [0.5, 0.6) is 0 Å². The van der Waals surface area contributed by atoms with Gasteiger partial charge >= 0.3 is 0 Å². The number of benzene rings is 1. The van der Waals surface area contributed by atoms with E-state index in [0.29, 0.717) is 11.4 Å². The number of hydrogen-bond donors (Lipinski definition) is 1. The van der Waals surface area contributed by atoms with Crippen LogP contribution in [0.25, 0.3) is 11.1 Å². The lowest BCUT2D eigenvalue weighted by molar-refractivity contribution is 0.610. The van der Waals surface area contributed by atoms with Crippen LogP contribution >= 0.6 is 0 Å². The Morgan fingerprint density at radius 2 is 1.83 bits per heavy atom. The van der Waals surface area contributed by atoms with E-state index in [0.717, 1.165) is 42.5 Å². The van der Waals surface area contributed by atoms with Gasteiger partial charge in [-0.2, -0.15) is 5.26 Å². The van der Waals surface area contributed by atoms with E-state index in [4.69, 9.17) is 5.73 Å². The number of nitriles is 1. The van der Waals surface area contributed by atoms with Gasteiger partial charge in [0.25, 0.3) is 0 Å². The molecule has 3 heteroatoms. The number of aryl methyl sites for hydroxylation is 3. The number of nitrogens with zero attached hydrogens (tertiary/aromatic N) is 2. The Kier molecular flexibility index (Phi) is 4.34. The summed E-state index contributed by atoms with van der Waals surface area (Å²) in [5, 5.41) is 9.66. The molecule has 0 saturated carbocycles. The number of anilines is 1. The van der Waals surface area contributed by atoms with E-state index in [1.807, 2.05) is 0 Å². The largest absolute Gasteiger partial charge is 0.383 e. The summed E-state index contributed by atoms with van der Waals surface area (Å²) >= 11 is 0. The molecule has 1 heterocycles. The Morgan fingerprint density at radius 3 is 2.52 bits per heavy atom. The van der Waals surface area contributed by atoms with Gasteiger partial charge in [0.2, 0.25) is 0 Å². The average Bonchev–Trinajstić information content (AvgIpc) is 2.48.